The number of benzene rings is 2. The molecule has 1 unspecified atom stereocenters. The van der Waals surface area contributed by atoms with E-state index in [2.05, 4.69) is 27.3 Å². The first-order chi connectivity index (χ1) is 15.3. The normalized spacial score (nSPS) is 15.7. The maximum Gasteiger partial charge on any atom is 0.273 e. The molecule has 0 spiro atoms. The van der Waals surface area contributed by atoms with Crippen LogP contribution in [0, 0.1) is 5.82 Å². The fourth-order valence-corrected chi connectivity index (χ4v) is 4.07. The maximum absolute atomic E-state index is 14.0. The van der Waals surface area contributed by atoms with E-state index >= 15 is 0 Å². The Labute approximate surface area is 184 Å². The second-order valence-corrected chi connectivity index (χ2v) is 8.16. The minimum absolute atomic E-state index is 0.250. The van der Waals surface area contributed by atoms with E-state index in [0.717, 1.165) is 36.5 Å². The van der Waals surface area contributed by atoms with Crippen molar-refractivity contribution in [2.45, 2.75) is 19.5 Å². The number of aromatic amines is 1. The molecule has 1 atom stereocenters. The first kappa shape index (κ1) is 21.8. The van der Waals surface area contributed by atoms with Crippen molar-refractivity contribution in [2.24, 2.45) is 0 Å². The summed E-state index contributed by atoms with van der Waals surface area (Å²) in [5, 5.41) is 5.81. The van der Waals surface area contributed by atoms with Crippen molar-refractivity contribution in [1.82, 2.24) is 20.0 Å². The molecule has 1 fully saturated rings. The van der Waals surface area contributed by atoms with Gasteiger partial charge in [-0.1, -0.05) is 12.1 Å². The van der Waals surface area contributed by atoms with E-state index < -0.39 is 23.1 Å². The van der Waals surface area contributed by atoms with Gasteiger partial charge in [-0.25, -0.2) is 9.07 Å². The molecule has 9 heteroatoms. The van der Waals surface area contributed by atoms with Crippen LogP contribution in [-0.2, 0) is 11.3 Å². The lowest BCUT2D eigenvalue weighted by atomic mass is 10.0. The van der Waals surface area contributed by atoms with Gasteiger partial charge < -0.3 is 15.1 Å². The summed E-state index contributed by atoms with van der Waals surface area (Å²) in [6.45, 7) is 4.85. The van der Waals surface area contributed by atoms with Crippen molar-refractivity contribution >= 4 is 22.4 Å². The van der Waals surface area contributed by atoms with Crippen LogP contribution in [0.15, 0.2) is 52.1 Å². The molecule has 0 bridgehead atoms. The van der Waals surface area contributed by atoms with Crippen LogP contribution < -0.4 is 21.3 Å². The van der Waals surface area contributed by atoms with Crippen molar-refractivity contribution in [3.8, 4) is 0 Å². The Morgan fingerprint density at radius 1 is 1.09 bits per heavy atom. The number of hydrogen-bond acceptors (Lipinski definition) is 5. The fraction of sp³-hybridized carbons (Fsp3) is 0.348. The monoisotopic (exact) mass is 439 g/mol. The molecule has 1 aromatic heterocycles. The zero-order valence-electron chi connectivity index (χ0n) is 18.1. The lowest BCUT2D eigenvalue weighted by Gasteiger charge is -2.36. The third-order valence-corrected chi connectivity index (χ3v) is 5.86. The van der Waals surface area contributed by atoms with Crippen molar-refractivity contribution in [3.05, 3.63) is 74.6 Å². The summed E-state index contributed by atoms with van der Waals surface area (Å²) in [7, 11) is 2.06. The molecule has 1 amide bonds. The summed E-state index contributed by atoms with van der Waals surface area (Å²) < 4.78 is 15.0. The number of nitrogens with one attached hydrogen (secondary N) is 2. The molecule has 3 aromatic rings. The highest BCUT2D eigenvalue weighted by Gasteiger charge is 2.21. The SMILES string of the molecule is CC(NC(=O)Cn1[nH]c(=O)c2ccccc2c1=O)c1cc(F)ccc1N1CCN(C)CC1. The van der Waals surface area contributed by atoms with Crippen LogP contribution in [0.3, 0.4) is 0 Å². The molecule has 1 saturated heterocycles. The van der Waals surface area contributed by atoms with Crippen LogP contribution >= 0.6 is 0 Å². The van der Waals surface area contributed by atoms with Gasteiger partial charge in [-0.15, -0.1) is 0 Å². The molecule has 1 aliphatic rings. The van der Waals surface area contributed by atoms with Crippen LogP contribution in [0.4, 0.5) is 10.1 Å². The quantitative estimate of drug-likeness (QED) is 0.628. The molecular formula is C23H26FN5O3. The van der Waals surface area contributed by atoms with Crippen molar-refractivity contribution < 1.29 is 9.18 Å². The minimum Gasteiger partial charge on any atom is -0.369 e. The molecule has 32 heavy (non-hydrogen) atoms. The molecule has 0 radical (unpaired) electrons. The van der Waals surface area contributed by atoms with Gasteiger partial charge in [-0.2, -0.15) is 0 Å². The van der Waals surface area contributed by atoms with Crippen LogP contribution in [0.1, 0.15) is 18.5 Å². The number of halogens is 1. The first-order valence-corrected chi connectivity index (χ1v) is 10.6. The number of carbonyl (C=O) groups excluding carboxylic acids is 1. The molecule has 2 heterocycles. The van der Waals surface area contributed by atoms with Crippen molar-refractivity contribution in [1.29, 1.82) is 0 Å². The average molecular weight is 439 g/mol. The van der Waals surface area contributed by atoms with E-state index in [1.165, 1.54) is 12.1 Å². The number of H-pyrrole nitrogens is 1. The molecule has 2 N–H and O–H groups in total. The Kier molecular flexibility index (Phi) is 6.09. The molecule has 4 rings (SSSR count). The van der Waals surface area contributed by atoms with Gasteiger partial charge in [0.15, 0.2) is 0 Å². The van der Waals surface area contributed by atoms with Crippen LogP contribution in [-0.4, -0.2) is 53.8 Å². The molecular weight excluding hydrogens is 413 g/mol. The highest BCUT2D eigenvalue weighted by atomic mass is 19.1. The van der Waals surface area contributed by atoms with Crippen molar-refractivity contribution in [3.63, 3.8) is 0 Å². The molecule has 168 valence electrons. The molecule has 1 aliphatic heterocycles. The Hall–Kier alpha value is -3.46. The van der Waals surface area contributed by atoms with Gasteiger partial charge in [-0.3, -0.25) is 19.5 Å². The Bertz CT molecular complexity index is 1260. The maximum atomic E-state index is 14.0. The zero-order valence-corrected chi connectivity index (χ0v) is 18.1. The number of anilines is 1. The standard InChI is InChI=1S/C23H26FN5O3/c1-15(19-13-16(24)7-8-20(19)28-11-9-27(2)10-12-28)25-21(30)14-29-23(32)18-6-4-3-5-17(18)22(31)26-29/h3-8,13,15H,9-12,14H2,1-2H3,(H,25,30)(H,26,31). The van der Waals surface area contributed by atoms with E-state index in [9.17, 15) is 18.8 Å². The number of piperazine rings is 1. The molecule has 2 aromatic carbocycles. The number of rotatable bonds is 5. The number of fused-ring (bicyclic) bond motifs is 1. The van der Waals surface area contributed by atoms with Crippen LogP contribution in [0.2, 0.25) is 0 Å². The smallest absolute Gasteiger partial charge is 0.273 e. The third-order valence-electron chi connectivity index (χ3n) is 5.86. The highest BCUT2D eigenvalue weighted by Crippen LogP contribution is 2.28. The molecule has 8 nitrogen and oxygen atoms in total. The predicted octanol–water partition coefficient (Wildman–Crippen LogP) is 1.46. The molecule has 0 saturated carbocycles. The number of likely N-dealkylation sites (N-methyl/N-ethyl adjacent to an activating group) is 1. The summed E-state index contributed by atoms with van der Waals surface area (Å²) in [6.07, 6.45) is 0. The van der Waals surface area contributed by atoms with E-state index in [-0.39, 0.29) is 23.1 Å². The van der Waals surface area contributed by atoms with Gasteiger partial charge in [0.05, 0.1) is 16.8 Å². The van der Waals surface area contributed by atoms with Gasteiger partial charge in [-0.05, 0) is 44.3 Å². The number of aromatic nitrogens is 2. The summed E-state index contributed by atoms with van der Waals surface area (Å²) >= 11 is 0. The average Bonchev–Trinajstić information content (AvgIpc) is 2.78. The van der Waals surface area contributed by atoms with E-state index in [1.807, 2.05) is 0 Å². The summed E-state index contributed by atoms with van der Waals surface area (Å²) in [6, 6.07) is 10.6. The van der Waals surface area contributed by atoms with Gasteiger partial charge in [0.25, 0.3) is 11.1 Å². The predicted molar refractivity (Wildman–Crippen MR) is 121 cm³/mol. The largest absolute Gasteiger partial charge is 0.369 e. The van der Waals surface area contributed by atoms with E-state index in [1.54, 1.807) is 37.3 Å². The summed E-state index contributed by atoms with van der Waals surface area (Å²) in [5.74, 6) is -0.840. The highest BCUT2D eigenvalue weighted by molar-refractivity contribution is 5.81. The number of nitrogens with zero attached hydrogens (tertiary/aromatic N) is 3. The lowest BCUT2D eigenvalue weighted by Crippen LogP contribution is -2.45. The second kappa shape index (κ2) is 8.96. The van der Waals surface area contributed by atoms with Gasteiger partial charge in [0.2, 0.25) is 5.91 Å². The summed E-state index contributed by atoms with van der Waals surface area (Å²) in [5.41, 5.74) is 0.654. The first-order valence-electron chi connectivity index (χ1n) is 10.6. The van der Waals surface area contributed by atoms with E-state index in [0.29, 0.717) is 5.56 Å². The molecule has 0 aliphatic carbocycles. The Morgan fingerprint density at radius 2 is 1.78 bits per heavy atom. The fourth-order valence-electron chi connectivity index (χ4n) is 4.07. The lowest BCUT2D eigenvalue weighted by molar-refractivity contribution is -0.122. The van der Waals surface area contributed by atoms with Gasteiger partial charge >= 0.3 is 0 Å². The summed E-state index contributed by atoms with van der Waals surface area (Å²) in [4.78, 5) is 42.0. The number of amides is 1. The topological polar surface area (TPSA) is 90.4 Å². The third kappa shape index (κ3) is 4.43. The van der Waals surface area contributed by atoms with Crippen LogP contribution in [0.25, 0.3) is 10.8 Å². The number of carbonyl (C=O) groups is 1. The Morgan fingerprint density at radius 3 is 2.50 bits per heavy atom. The Balaban J connectivity index is 1.54. The van der Waals surface area contributed by atoms with Gasteiger partial charge in [0, 0.05) is 37.4 Å². The van der Waals surface area contributed by atoms with Crippen LogP contribution in [0.5, 0.6) is 0 Å². The minimum atomic E-state index is -0.490. The van der Waals surface area contributed by atoms with Gasteiger partial charge in [0.1, 0.15) is 12.4 Å². The zero-order chi connectivity index (χ0) is 22.8. The van der Waals surface area contributed by atoms with E-state index in [4.69, 9.17) is 0 Å². The second-order valence-electron chi connectivity index (χ2n) is 8.16. The number of hydrogen-bond donors (Lipinski definition) is 2. The van der Waals surface area contributed by atoms with Crippen molar-refractivity contribution in [2.75, 3.05) is 38.1 Å².